The molecule has 0 radical (unpaired) electrons. The molecule has 0 unspecified atom stereocenters. The molecule has 8 rings (SSSR count). The summed E-state index contributed by atoms with van der Waals surface area (Å²) in [5, 5.41) is 11.5. The summed E-state index contributed by atoms with van der Waals surface area (Å²) < 4.78 is 6.56. The van der Waals surface area contributed by atoms with Gasteiger partial charge >= 0.3 is 6.09 Å². The normalized spacial score (nSPS) is 12.1. The second kappa shape index (κ2) is 12.8. The van der Waals surface area contributed by atoms with E-state index >= 15 is 0 Å². The summed E-state index contributed by atoms with van der Waals surface area (Å²) in [6.07, 6.45) is 3.12. The van der Waals surface area contributed by atoms with E-state index in [0.717, 1.165) is 37.9 Å². The Balaban J connectivity index is 0.882. The number of fused-ring (bicyclic) bond motifs is 4. The van der Waals surface area contributed by atoms with Gasteiger partial charge in [0.2, 0.25) is 0 Å². The topological polar surface area (TPSA) is 122 Å². The number of amides is 2. The van der Waals surface area contributed by atoms with Gasteiger partial charge in [0.1, 0.15) is 23.0 Å². The summed E-state index contributed by atoms with van der Waals surface area (Å²) in [4.78, 5) is 42.5. The molecule has 1 aliphatic rings. The zero-order valence-electron chi connectivity index (χ0n) is 25.1. The molecule has 0 fully saturated rings. The third-order valence-electron chi connectivity index (χ3n) is 8.19. The summed E-state index contributed by atoms with van der Waals surface area (Å²) in [6.45, 7) is 0.545. The van der Waals surface area contributed by atoms with Crippen LogP contribution in [0.5, 0.6) is 0 Å². The van der Waals surface area contributed by atoms with Crippen LogP contribution in [0.4, 0.5) is 9.93 Å². The summed E-state index contributed by atoms with van der Waals surface area (Å²) >= 11 is 6.19. The molecular weight excluding hydrogens is 708 g/mol. The van der Waals surface area contributed by atoms with Gasteiger partial charge in [0.25, 0.3) is 5.91 Å². The molecule has 7 aromatic rings. The Hall–Kier alpha value is -5.17. The lowest BCUT2D eigenvalue weighted by molar-refractivity contribution is 0.102. The molecule has 2 amide bonds. The second-order valence-corrected chi connectivity index (χ2v) is 13.8. The first-order chi connectivity index (χ1) is 23.5. The molecule has 4 aromatic heterocycles. The molecule has 0 atom stereocenters. The summed E-state index contributed by atoms with van der Waals surface area (Å²) in [5.41, 5.74) is 9.15. The Morgan fingerprint density at radius 1 is 0.896 bits per heavy atom. The molecule has 0 saturated heterocycles. The van der Waals surface area contributed by atoms with E-state index in [1.165, 1.54) is 44.9 Å². The number of aromatic amines is 1. The van der Waals surface area contributed by atoms with Crippen molar-refractivity contribution in [3.63, 3.8) is 0 Å². The van der Waals surface area contributed by atoms with Gasteiger partial charge in [-0.05, 0) is 55.9 Å². The van der Waals surface area contributed by atoms with E-state index in [1.807, 2.05) is 66.2 Å². The number of thiazole rings is 2. The molecule has 0 spiro atoms. The Labute approximate surface area is 291 Å². The maximum absolute atomic E-state index is 13.1. The molecule has 0 saturated carbocycles. The quantitative estimate of drug-likeness (QED) is 0.144. The number of halogens is 1. The highest BCUT2D eigenvalue weighted by molar-refractivity contribution is 9.10. The third-order valence-corrected chi connectivity index (χ3v) is 10.3. The predicted molar refractivity (Wildman–Crippen MR) is 192 cm³/mol. The molecule has 1 aliphatic carbocycles. The number of carbonyl (C=O) groups is 2. The maximum Gasteiger partial charge on any atom is 0.407 e. The standard InChI is InChI=1S/C36H25BrN6O3S2/c37-22-13-27-28(16-39-32(27)38-15-22)30-18-48-35(42-30)43-33(44)31-19-47-34(41-31)21-7-5-6-20(12-21)14-40-36(45)46-17-29-25-10-3-1-8-23(25)24-9-2-4-11-26(24)29/h1-13,15-16,18-19,29H,14,17H2,(H,38,39)(H,40,45)(H,42,43,44). The minimum atomic E-state index is -0.477. The van der Waals surface area contributed by atoms with Gasteiger partial charge in [-0.1, -0.05) is 66.7 Å². The molecule has 4 heterocycles. The Morgan fingerprint density at radius 3 is 2.50 bits per heavy atom. The maximum atomic E-state index is 13.1. The summed E-state index contributed by atoms with van der Waals surface area (Å²) in [7, 11) is 0. The smallest absolute Gasteiger partial charge is 0.407 e. The highest BCUT2D eigenvalue weighted by atomic mass is 79.9. The first-order valence-electron chi connectivity index (χ1n) is 15.0. The number of alkyl carbamates (subject to hydrolysis) is 1. The number of pyridine rings is 1. The zero-order valence-corrected chi connectivity index (χ0v) is 28.3. The van der Waals surface area contributed by atoms with E-state index in [-0.39, 0.29) is 18.4 Å². The van der Waals surface area contributed by atoms with E-state index < -0.39 is 6.09 Å². The molecule has 0 aliphatic heterocycles. The molecule has 48 heavy (non-hydrogen) atoms. The first kappa shape index (κ1) is 30.2. The number of H-pyrrole nitrogens is 1. The average Bonchev–Trinajstić information content (AvgIpc) is 3.92. The van der Waals surface area contributed by atoms with Crippen LogP contribution in [0.2, 0.25) is 0 Å². The average molecular weight is 734 g/mol. The SMILES string of the molecule is O=C(NCc1cccc(-c2nc(C(=O)Nc3nc(-c4c[nH]c5ncc(Br)cc45)cs3)cs2)c1)OCC1c2ccccc2-c2ccccc21. The fraction of sp³-hybridized carbons (Fsp3) is 0.0833. The van der Waals surface area contributed by atoms with Crippen molar-refractivity contribution in [3.8, 4) is 33.0 Å². The molecule has 9 nitrogen and oxygen atoms in total. The minimum absolute atomic E-state index is 0.000112. The van der Waals surface area contributed by atoms with Crippen LogP contribution < -0.4 is 10.6 Å². The van der Waals surface area contributed by atoms with E-state index in [9.17, 15) is 9.59 Å². The number of hydrogen-bond donors (Lipinski definition) is 3. The lowest BCUT2D eigenvalue weighted by atomic mass is 9.98. The van der Waals surface area contributed by atoms with Crippen LogP contribution in [-0.2, 0) is 11.3 Å². The molecule has 12 heteroatoms. The minimum Gasteiger partial charge on any atom is -0.449 e. The number of anilines is 1. The Morgan fingerprint density at radius 2 is 1.69 bits per heavy atom. The lowest BCUT2D eigenvalue weighted by Gasteiger charge is -2.14. The van der Waals surface area contributed by atoms with Crippen molar-refractivity contribution in [1.29, 1.82) is 0 Å². The number of hydrogen-bond acceptors (Lipinski definition) is 8. The van der Waals surface area contributed by atoms with Gasteiger partial charge in [-0.3, -0.25) is 10.1 Å². The molecule has 236 valence electrons. The fourth-order valence-electron chi connectivity index (χ4n) is 5.95. The van der Waals surface area contributed by atoms with Crippen molar-refractivity contribution < 1.29 is 14.3 Å². The van der Waals surface area contributed by atoms with Gasteiger partial charge in [0.15, 0.2) is 5.13 Å². The van der Waals surface area contributed by atoms with Crippen molar-refractivity contribution in [2.24, 2.45) is 0 Å². The summed E-state index contributed by atoms with van der Waals surface area (Å²) in [5.74, 6) is -0.338. The van der Waals surface area contributed by atoms with Gasteiger partial charge in [-0.2, -0.15) is 0 Å². The van der Waals surface area contributed by atoms with Crippen molar-refractivity contribution in [2.75, 3.05) is 11.9 Å². The molecule has 0 bridgehead atoms. The number of rotatable bonds is 8. The largest absolute Gasteiger partial charge is 0.449 e. The van der Waals surface area contributed by atoms with Crippen molar-refractivity contribution in [1.82, 2.24) is 25.3 Å². The molecule has 3 N–H and O–H groups in total. The monoisotopic (exact) mass is 732 g/mol. The van der Waals surface area contributed by atoms with Crippen molar-refractivity contribution in [3.05, 3.63) is 129 Å². The third kappa shape index (κ3) is 5.89. The molecule has 3 aromatic carbocycles. The number of aromatic nitrogens is 4. The van der Waals surface area contributed by atoms with Gasteiger partial charge < -0.3 is 15.0 Å². The van der Waals surface area contributed by atoms with Crippen LogP contribution >= 0.6 is 38.6 Å². The van der Waals surface area contributed by atoms with Crippen LogP contribution in [0, 0.1) is 0 Å². The van der Waals surface area contributed by atoms with Gasteiger partial charge in [-0.25, -0.2) is 19.7 Å². The van der Waals surface area contributed by atoms with Crippen LogP contribution in [0.1, 0.15) is 33.1 Å². The zero-order chi connectivity index (χ0) is 32.6. The van der Waals surface area contributed by atoms with E-state index in [0.29, 0.717) is 22.4 Å². The predicted octanol–water partition coefficient (Wildman–Crippen LogP) is 8.86. The van der Waals surface area contributed by atoms with Crippen LogP contribution in [0.25, 0.3) is 44.0 Å². The number of nitrogens with zero attached hydrogens (tertiary/aromatic N) is 3. The van der Waals surface area contributed by atoms with Crippen LogP contribution in [0.15, 0.2) is 106 Å². The van der Waals surface area contributed by atoms with Gasteiger partial charge in [0.05, 0.1) is 5.69 Å². The van der Waals surface area contributed by atoms with E-state index in [1.54, 1.807) is 11.6 Å². The summed E-state index contributed by atoms with van der Waals surface area (Å²) in [6, 6.07) is 26.2. The van der Waals surface area contributed by atoms with Gasteiger partial charge in [-0.15, -0.1) is 22.7 Å². The van der Waals surface area contributed by atoms with Crippen molar-refractivity contribution in [2.45, 2.75) is 12.5 Å². The number of benzene rings is 3. The highest BCUT2D eigenvalue weighted by Crippen LogP contribution is 2.44. The highest BCUT2D eigenvalue weighted by Gasteiger charge is 2.29. The fourth-order valence-corrected chi connectivity index (χ4v) is 7.79. The Kier molecular flexibility index (Phi) is 8.04. The van der Waals surface area contributed by atoms with Crippen LogP contribution in [0.3, 0.4) is 0 Å². The van der Waals surface area contributed by atoms with E-state index in [4.69, 9.17) is 4.74 Å². The van der Waals surface area contributed by atoms with E-state index in [2.05, 4.69) is 70.8 Å². The molecular formula is C36H25BrN6O3S2. The Bertz CT molecular complexity index is 2280. The van der Waals surface area contributed by atoms with Crippen molar-refractivity contribution >= 4 is 66.8 Å². The second-order valence-electron chi connectivity index (χ2n) is 11.2. The van der Waals surface area contributed by atoms with Gasteiger partial charge in [0, 0.05) is 56.6 Å². The van der Waals surface area contributed by atoms with Crippen LogP contribution in [-0.4, -0.2) is 38.5 Å². The number of nitrogens with one attached hydrogen (secondary N) is 3. The number of ether oxygens (including phenoxy) is 1. The number of carbonyl (C=O) groups excluding carboxylic acids is 2. The lowest BCUT2D eigenvalue weighted by Crippen LogP contribution is -2.25. The first-order valence-corrected chi connectivity index (χ1v) is 17.6.